The van der Waals surface area contributed by atoms with Crippen LogP contribution in [-0.4, -0.2) is 35.8 Å². The Morgan fingerprint density at radius 1 is 1.15 bits per heavy atom. The van der Waals surface area contributed by atoms with E-state index in [0.717, 1.165) is 23.5 Å². The highest BCUT2D eigenvalue weighted by Crippen LogP contribution is 2.20. The second-order valence-electron chi connectivity index (χ2n) is 7.05. The molecule has 0 spiro atoms. The molecule has 0 aliphatic carbocycles. The first-order chi connectivity index (χ1) is 12.7. The summed E-state index contributed by atoms with van der Waals surface area (Å²) in [5.74, 6) is -0.475. The molecule has 148 valence electrons. The van der Waals surface area contributed by atoms with Crippen LogP contribution >= 0.6 is 22.7 Å². The molecule has 0 radical (unpaired) electrons. The Labute approximate surface area is 167 Å². The average Bonchev–Trinajstić information content (AvgIpc) is 3.18. The summed E-state index contributed by atoms with van der Waals surface area (Å²) in [4.78, 5) is 30.1. The number of aryl methyl sites for hydroxylation is 3. The van der Waals surface area contributed by atoms with Crippen LogP contribution < -0.4 is 5.32 Å². The highest BCUT2D eigenvalue weighted by molar-refractivity contribution is 7.12. The Morgan fingerprint density at radius 3 is 2.48 bits per heavy atom. The number of alkyl carbamates (subject to hydrolysis) is 1. The Balaban J connectivity index is 1.63. The van der Waals surface area contributed by atoms with Gasteiger partial charge in [0.05, 0.1) is 17.3 Å². The number of carbonyl (C=O) groups is 2. The molecule has 2 aromatic heterocycles. The molecule has 0 saturated carbocycles. The predicted molar refractivity (Wildman–Crippen MR) is 107 cm³/mol. The van der Waals surface area contributed by atoms with Crippen LogP contribution in [0.25, 0.3) is 0 Å². The highest BCUT2D eigenvalue weighted by Gasteiger charge is 2.16. The molecule has 27 heavy (non-hydrogen) atoms. The van der Waals surface area contributed by atoms with Gasteiger partial charge in [-0.2, -0.15) is 0 Å². The zero-order valence-electron chi connectivity index (χ0n) is 16.2. The van der Waals surface area contributed by atoms with Crippen molar-refractivity contribution in [3.63, 3.8) is 0 Å². The minimum atomic E-state index is -0.627. The van der Waals surface area contributed by atoms with E-state index in [-0.39, 0.29) is 6.54 Å². The standard InChI is InChI=1S/C19H26N2O4S2/c1-13-21-14(12-26-13)5-6-15-7-8-16(27-15)9-10-24-17(22)11-20-18(23)25-19(2,3)4/h7-8,12H,5-6,9-11H2,1-4H3,(H,20,23). The molecule has 0 bridgehead atoms. The van der Waals surface area contributed by atoms with Crippen LogP contribution in [-0.2, 0) is 33.5 Å². The molecule has 2 aromatic rings. The Kier molecular flexibility index (Phi) is 7.79. The summed E-state index contributed by atoms with van der Waals surface area (Å²) >= 11 is 3.41. The van der Waals surface area contributed by atoms with Crippen molar-refractivity contribution in [2.24, 2.45) is 0 Å². The van der Waals surface area contributed by atoms with Gasteiger partial charge in [-0.15, -0.1) is 22.7 Å². The fourth-order valence-electron chi connectivity index (χ4n) is 2.24. The quantitative estimate of drug-likeness (QED) is 0.668. The number of thiazole rings is 1. The first-order valence-electron chi connectivity index (χ1n) is 8.82. The first-order valence-corrected chi connectivity index (χ1v) is 10.5. The molecule has 0 aliphatic heterocycles. The van der Waals surface area contributed by atoms with Gasteiger partial charge in [-0.25, -0.2) is 9.78 Å². The van der Waals surface area contributed by atoms with Gasteiger partial charge in [-0.05, 0) is 52.7 Å². The SMILES string of the molecule is Cc1nc(CCc2ccc(CCOC(=O)CNC(=O)OC(C)(C)C)s2)cs1. The Bertz CT molecular complexity index is 762. The van der Waals surface area contributed by atoms with Crippen molar-refractivity contribution >= 4 is 34.7 Å². The van der Waals surface area contributed by atoms with Crippen molar-refractivity contribution in [3.8, 4) is 0 Å². The maximum Gasteiger partial charge on any atom is 0.408 e. The van der Waals surface area contributed by atoms with Crippen molar-refractivity contribution in [2.45, 2.75) is 52.6 Å². The first kappa shape index (κ1) is 21.4. The largest absolute Gasteiger partial charge is 0.464 e. The normalized spacial score (nSPS) is 11.3. The summed E-state index contributed by atoms with van der Waals surface area (Å²) in [5.41, 5.74) is 0.544. The van der Waals surface area contributed by atoms with Crippen molar-refractivity contribution < 1.29 is 19.1 Å². The van der Waals surface area contributed by atoms with Crippen LogP contribution in [0.3, 0.4) is 0 Å². The topological polar surface area (TPSA) is 77.5 Å². The van der Waals surface area contributed by atoms with E-state index in [1.165, 1.54) is 9.75 Å². The van der Waals surface area contributed by atoms with Crippen LogP contribution in [0.1, 0.15) is 41.2 Å². The molecule has 2 heterocycles. The molecule has 1 amide bonds. The number of nitrogens with zero attached hydrogens (tertiary/aromatic N) is 1. The van der Waals surface area contributed by atoms with Gasteiger partial charge in [0, 0.05) is 21.6 Å². The molecular formula is C19H26N2O4S2. The van der Waals surface area contributed by atoms with Crippen LogP contribution in [0.5, 0.6) is 0 Å². The summed E-state index contributed by atoms with van der Waals surface area (Å²) in [5, 5.41) is 5.59. The number of ether oxygens (including phenoxy) is 2. The summed E-state index contributed by atoms with van der Waals surface area (Å²) in [6.45, 7) is 7.40. The monoisotopic (exact) mass is 410 g/mol. The number of carbonyl (C=O) groups excluding carboxylic acids is 2. The van der Waals surface area contributed by atoms with E-state index in [2.05, 4.69) is 27.8 Å². The zero-order chi connectivity index (χ0) is 19.9. The number of thiophene rings is 1. The van der Waals surface area contributed by atoms with E-state index in [1.807, 2.05) is 6.92 Å². The molecule has 0 aromatic carbocycles. The summed E-state index contributed by atoms with van der Waals surface area (Å²) in [6.07, 6.45) is 1.94. The molecule has 0 aliphatic rings. The number of rotatable bonds is 8. The summed E-state index contributed by atoms with van der Waals surface area (Å²) in [6, 6.07) is 4.18. The fourth-order valence-corrected chi connectivity index (χ4v) is 3.89. The molecular weight excluding hydrogens is 384 g/mol. The van der Waals surface area contributed by atoms with Gasteiger partial charge in [-0.3, -0.25) is 4.79 Å². The number of nitrogens with one attached hydrogen (secondary N) is 1. The van der Waals surface area contributed by atoms with Gasteiger partial charge >= 0.3 is 12.1 Å². The molecule has 2 rings (SSSR count). The van der Waals surface area contributed by atoms with Gasteiger partial charge in [0.15, 0.2) is 0 Å². The second kappa shape index (κ2) is 9.85. The molecule has 0 atom stereocenters. The number of hydrogen-bond acceptors (Lipinski definition) is 7. The summed E-state index contributed by atoms with van der Waals surface area (Å²) in [7, 11) is 0. The lowest BCUT2D eigenvalue weighted by atomic mass is 10.2. The lowest BCUT2D eigenvalue weighted by Crippen LogP contribution is -2.36. The lowest BCUT2D eigenvalue weighted by Gasteiger charge is -2.19. The molecule has 8 heteroatoms. The molecule has 6 nitrogen and oxygen atoms in total. The van der Waals surface area contributed by atoms with Crippen LogP contribution in [0.4, 0.5) is 4.79 Å². The second-order valence-corrected chi connectivity index (χ2v) is 9.37. The summed E-state index contributed by atoms with van der Waals surface area (Å²) < 4.78 is 10.2. The van der Waals surface area contributed by atoms with Crippen LogP contribution in [0.15, 0.2) is 17.5 Å². The van der Waals surface area contributed by atoms with Crippen LogP contribution in [0.2, 0.25) is 0 Å². The minimum Gasteiger partial charge on any atom is -0.464 e. The van der Waals surface area contributed by atoms with Gasteiger partial charge < -0.3 is 14.8 Å². The number of amides is 1. The van der Waals surface area contributed by atoms with E-state index in [4.69, 9.17) is 9.47 Å². The third-order valence-corrected chi connectivity index (χ3v) is 5.43. The smallest absolute Gasteiger partial charge is 0.408 e. The maximum absolute atomic E-state index is 11.7. The molecule has 1 N–H and O–H groups in total. The third-order valence-electron chi connectivity index (χ3n) is 3.40. The van der Waals surface area contributed by atoms with E-state index in [1.54, 1.807) is 43.4 Å². The zero-order valence-corrected chi connectivity index (χ0v) is 17.8. The Morgan fingerprint density at radius 2 is 1.85 bits per heavy atom. The van der Waals surface area contributed by atoms with Crippen molar-refractivity contribution in [1.29, 1.82) is 0 Å². The number of hydrogen-bond donors (Lipinski definition) is 1. The molecule has 0 fully saturated rings. The van der Waals surface area contributed by atoms with Gasteiger partial charge in [-0.1, -0.05) is 0 Å². The number of esters is 1. The van der Waals surface area contributed by atoms with E-state index >= 15 is 0 Å². The van der Waals surface area contributed by atoms with E-state index in [9.17, 15) is 9.59 Å². The van der Waals surface area contributed by atoms with Gasteiger partial charge in [0.25, 0.3) is 0 Å². The average molecular weight is 411 g/mol. The molecule has 0 unspecified atom stereocenters. The maximum atomic E-state index is 11.7. The Hall–Kier alpha value is -1.93. The van der Waals surface area contributed by atoms with Crippen molar-refractivity contribution in [3.05, 3.63) is 38.0 Å². The van der Waals surface area contributed by atoms with Gasteiger partial charge in [0.2, 0.25) is 0 Å². The third kappa shape index (κ3) is 8.53. The lowest BCUT2D eigenvalue weighted by molar-refractivity contribution is -0.142. The van der Waals surface area contributed by atoms with E-state index < -0.39 is 17.7 Å². The predicted octanol–water partition coefficient (Wildman–Crippen LogP) is 3.91. The minimum absolute atomic E-state index is 0.197. The molecule has 0 saturated heterocycles. The van der Waals surface area contributed by atoms with Crippen molar-refractivity contribution in [1.82, 2.24) is 10.3 Å². The highest BCUT2D eigenvalue weighted by atomic mass is 32.1. The van der Waals surface area contributed by atoms with Crippen molar-refractivity contribution in [2.75, 3.05) is 13.2 Å². The van der Waals surface area contributed by atoms with E-state index in [0.29, 0.717) is 13.0 Å². The van der Waals surface area contributed by atoms with Gasteiger partial charge in [0.1, 0.15) is 12.1 Å². The number of aromatic nitrogens is 1. The van der Waals surface area contributed by atoms with Crippen LogP contribution in [0, 0.1) is 6.92 Å². The fraction of sp³-hybridized carbons (Fsp3) is 0.526.